The maximum Gasteiger partial charge on any atom is 0.439 e. The zero-order valence-electron chi connectivity index (χ0n) is 16.2. The SMILES string of the molecule is CO/N=C1\CCc2c(Cc3c(Cl)cc(NC(=O)c4noc(=O)[nH]4)cc3Cl)ccc(O)c21. The highest BCUT2D eigenvalue weighted by molar-refractivity contribution is 6.36. The van der Waals surface area contributed by atoms with Gasteiger partial charge in [0.05, 0.1) is 5.71 Å². The summed E-state index contributed by atoms with van der Waals surface area (Å²) in [5.74, 6) is -1.63. The fourth-order valence-corrected chi connectivity index (χ4v) is 4.19. The number of carbonyl (C=O) groups is 1. The summed E-state index contributed by atoms with van der Waals surface area (Å²) in [6.45, 7) is 0. The molecule has 0 saturated heterocycles. The fourth-order valence-electron chi connectivity index (χ4n) is 3.57. The molecule has 0 spiro atoms. The Morgan fingerprint density at radius 3 is 2.71 bits per heavy atom. The Hall–Kier alpha value is -3.30. The van der Waals surface area contributed by atoms with Gasteiger partial charge in [-0.25, -0.2) is 4.79 Å². The smallest absolute Gasteiger partial charge is 0.439 e. The fraction of sp³-hybridized carbons (Fsp3) is 0.200. The third-order valence-corrected chi connectivity index (χ3v) is 5.59. The Bertz CT molecular complexity index is 1240. The number of nitrogens with one attached hydrogen (secondary N) is 2. The van der Waals surface area contributed by atoms with E-state index in [2.05, 4.69) is 25.1 Å². The van der Waals surface area contributed by atoms with Gasteiger partial charge in [0.1, 0.15) is 12.9 Å². The molecule has 1 aromatic heterocycles. The number of phenolic OH excluding ortho intramolecular Hbond substituents is 1. The average molecular weight is 463 g/mol. The van der Waals surface area contributed by atoms with Crippen LogP contribution in [-0.4, -0.2) is 34.0 Å². The summed E-state index contributed by atoms with van der Waals surface area (Å²) < 4.78 is 4.32. The van der Waals surface area contributed by atoms with Gasteiger partial charge in [-0.3, -0.25) is 14.3 Å². The molecule has 1 aliphatic carbocycles. The van der Waals surface area contributed by atoms with Gasteiger partial charge in [0.25, 0.3) is 5.91 Å². The van der Waals surface area contributed by atoms with Crippen molar-refractivity contribution in [3.63, 3.8) is 0 Å². The van der Waals surface area contributed by atoms with Crippen LogP contribution in [0.25, 0.3) is 0 Å². The molecule has 2 aromatic carbocycles. The molecule has 9 nitrogen and oxygen atoms in total. The van der Waals surface area contributed by atoms with Crippen LogP contribution in [-0.2, 0) is 17.7 Å². The van der Waals surface area contributed by atoms with Crippen LogP contribution < -0.4 is 11.1 Å². The van der Waals surface area contributed by atoms with Crippen LogP contribution >= 0.6 is 23.2 Å². The van der Waals surface area contributed by atoms with Gasteiger partial charge < -0.3 is 15.3 Å². The number of anilines is 1. The lowest BCUT2D eigenvalue weighted by atomic mass is 9.96. The van der Waals surface area contributed by atoms with E-state index in [0.29, 0.717) is 51.8 Å². The minimum Gasteiger partial charge on any atom is -0.507 e. The molecule has 0 radical (unpaired) electrons. The van der Waals surface area contributed by atoms with E-state index in [0.717, 1.165) is 11.1 Å². The first-order valence-corrected chi connectivity index (χ1v) is 9.92. The van der Waals surface area contributed by atoms with Crippen molar-refractivity contribution in [1.29, 1.82) is 0 Å². The van der Waals surface area contributed by atoms with Gasteiger partial charge in [0, 0.05) is 27.7 Å². The second-order valence-corrected chi connectivity index (χ2v) is 7.63. The minimum absolute atomic E-state index is 0.146. The van der Waals surface area contributed by atoms with Gasteiger partial charge in [0.2, 0.25) is 5.82 Å². The number of carbonyl (C=O) groups excluding carboxylic acids is 1. The molecular weight excluding hydrogens is 447 g/mol. The highest BCUT2D eigenvalue weighted by Gasteiger charge is 2.25. The van der Waals surface area contributed by atoms with E-state index in [9.17, 15) is 14.7 Å². The molecule has 160 valence electrons. The van der Waals surface area contributed by atoms with Crippen LogP contribution in [0.15, 0.2) is 38.7 Å². The van der Waals surface area contributed by atoms with Crippen LogP contribution in [0.2, 0.25) is 10.0 Å². The Kier molecular flexibility index (Phi) is 5.71. The van der Waals surface area contributed by atoms with E-state index in [4.69, 9.17) is 28.0 Å². The molecule has 31 heavy (non-hydrogen) atoms. The maximum absolute atomic E-state index is 12.1. The summed E-state index contributed by atoms with van der Waals surface area (Å²) in [7, 11) is 1.46. The second-order valence-electron chi connectivity index (χ2n) is 6.81. The van der Waals surface area contributed by atoms with Crippen molar-refractivity contribution in [1.82, 2.24) is 10.1 Å². The number of aromatic amines is 1. The number of nitrogens with zero attached hydrogens (tertiary/aromatic N) is 2. The molecule has 0 fully saturated rings. The molecule has 11 heteroatoms. The summed E-state index contributed by atoms with van der Waals surface area (Å²) in [6.07, 6.45) is 1.79. The average Bonchev–Trinajstić information content (AvgIpc) is 3.34. The summed E-state index contributed by atoms with van der Waals surface area (Å²) >= 11 is 12.9. The molecule has 0 bridgehead atoms. The zero-order chi connectivity index (χ0) is 22.1. The number of hydrogen-bond donors (Lipinski definition) is 3. The number of amides is 1. The first-order valence-electron chi connectivity index (χ1n) is 9.16. The quantitative estimate of drug-likeness (QED) is 0.497. The Balaban J connectivity index is 1.61. The standard InChI is InChI=1S/C20H16Cl2N4O5/c1-30-25-15-4-3-11-9(2-5-16(27)17(11)15)6-12-13(21)7-10(8-14(12)22)23-19(28)18-24-20(29)31-26-18/h2,5,7-8,27H,3-4,6H2,1H3,(H,23,28)(H,24,26,29)/b25-15+. The number of hydrogen-bond acceptors (Lipinski definition) is 7. The maximum atomic E-state index is 12.1. The number of fused-ring (bicyclic) bond motifs is 1. The second kappa shape index (κ2) is 8.44. The number of halogens is 2. The van der Waals surface area contributed by atoms with Crippen LogP contribution in [0.5, 0.6) is 5.75 Å². The Labute approximate surface area is 185 Å². The van der Waals surface area contributed by atoms with Crippen LogP contribution in [0.4, 0.5) is 5.69 Å². The zero-order valence-corrected chi connectivity index (χ0v) is 17.7. The molecule has 3 N–H and O–H groups in total. The molecule has 4 rings (SSSR count). The van der Waals surface area contributed by atoms with Gasteiger partial charge in [0.15, 0.2) is 0 Å². The number of aromatic nitrogens is 2. The number of benzene rings is 2. The predicted octanol–water partition coefficient (Wildman–Crippen LogP) is 3.52. The molecule has 1 amide bonds. The molecule has 0 unspecified atom stereocenters. The molecular formula is C20H16Cl2N4O5. The summed E-state index contributed by atoms with van der Waals surface area (Å²) in [5, 5.41) is 20.9. The third-order valence-electron chi connectivity index (χ3n) is 4.91. The van der Waals surface area contributed by atoms with Crippen molar-refractivity contribution in [2.24, 2.45) is 5.16 Å². The van der Waals surface area contributed by atoms with E-state index in [-0.39, 0.29) is 11.6 Å². The molecule has 1 heterocycles. The van der Waals surface area contributed by atoms with Crippen LogP contribution in [0.1, 0.15) is 39.3 Å². The summed E-state index contributed by atoms with van der Waals surface area (Å²) in [6, 6.07) is 6.54. The number of oxime groups is 1. The van der Waals surface area contributed by atoms with E-state index in [1.165, 1.54) is 7.11 Å². The van der Waals surface area contributed by atoms with Crippen molar-refractivity contribution in [2.75, 3.05) is 12.4 Å². The lowest BCUT2D eigenvalue weighted by molar-refractivity contribution is 0.101. The van der Waals surface area contributed by atoms with Crippen molar-refractivity contribution in [3.05, 3.63) is 72.9 Å². The molecule has 1 aliphatic rings. The molecule has 3 aromatic rings. The Morgan fingerprint density at radius 2 is 2.06 bits per heavy atom. The van der Waals surface area contributed by atoms with Gasteiger partial charge in [-0.2, -0.15) is 0 Å². The molecule has 0 saturated carbocycles. The predicted molar refractivity (Wildman–Crippen MR) is 114 cm³/mol. The lowest BCUT2D eigenvalue weighted by Crippen LogP contribution is -2.15. The largest absolute Gasteiger partial charge is 0.507 e. The molecule has 0 aliphatic heterocycles. The van der Waals surface area contributed by atoms with Crippen molar-refractivity contribution < 1.29 is 19.3 Å². The number of rotatable bonds is 5. The van der Waals surface area contributed by atoms with E-state index in [1.54, 1.807) is 18.2 Å². The summed E-state index contributed by atoms with van der Waals surface area (Å²) in [5.41, 5.74) is 4.29. The van der Waals surface area contributed by atoms with Crippen molar-refractivity contribution in [3.8, 4) is 5.75 Å². The van der Waals surface area contributed by atoms with Crippen molar-refractivity contribution >= 4 is 40.5 Å². The van der Waals surface area contributed by atoms with Gasteiger partial charge >= 0.3 is 5.76 Å². The highest BCUT2D eigenvalue weighted by Crippen LogP contribution is 2.37. The normalized spacial score (nSPS) is 14.0. The molecule has 0 atom stereocenters. The number of H-pyrrole nitrogens is 1. The first-order chi connectivity index (χ1) is 14.9. The topological polar surface area (TPSA) is 130 Å². The Morgan fingerprint density at radius 1 is 1.32 bits per heavy atom. The summed E-state index contributed by atoms with van der Waals surface area (Å²) in [4.78, 5) is 30.2. The monoisotopic (exact) mass is 462 g/mol. The number of aromatic hydroxyl groups is 1. The van der Waals surface area contributed by atoms with Gasteiger partial charge in [-0.15, -0.1) is 0 Å². The minimum atomic E-state index is -0.836. The highest BCUT2D eigenvalue weighted by atomic mass is 35.5. The van der Waals surface area contributed by atoms with Crippen LogP contribution in [0.3, 0.4) is 0 Å². The van der Waals surface area contributed by atoms with Gasteiger partial charge in [-0.05, 0) is 52.9 Å². The van der Waals surface area contributed by atoms with Crippen LogP contribution in [0, 0.1) is 0 Å². The lowest BCUT2D eigenvalue weighted by Gasteiger charge is -2.14. The first kappa shape index (κ1) is 21.0. The van der Waals surface area contributed by atoms with E-state index >= 15 is 0 Å². The van der Waals surface area contributed by atoms with Crippen molar-refractivity contribution in [2.45, 2.75) is 19.3 Å². The third kappa shape index (κ3) is 4.14. The number of phenols is 1. The van der Waals surface area contributed by atoms with E-state index in [1.807, 2.05) is 6.07 Å². The van der Waals surface area contributed by atoms with E-state index < -0.39 is 11.7 Å². The van der Waals surface area contributed by atoms with Gasteiger partial charge in [-0.1, -0.05) is 34.4 Å².